The van der Waals surface area contributed by atoms with Crippen molar-refractivity contribution in [1.82, 2.24) is 9.97 Å². The summed E-state index contributed by atoms with van der Waals surface area (Å²) in [6.45, 7) is 0. The van der Waals surface area contributed by atoms with Gasteiger partial charge in [-0.15, -0.1) is 13.2 Å². The predicted octanol–water partition coefficient (Wildman–Crippen LogP) is 3.25. The number of nitrogens with zero attached hydrogens (tertiary/aromatic N) is 2. The van der Waals surface area contributed by atoms with Gasteiger partial charge in [-0.3, -0.25) is 4.79 Å². The number of hydrogen-bond donors (Lipinski definition) is 3. The molecule has 0 spiro atoms. The lowest BCUT2D eigenvalue weighted by molar-refractivity contribution is -0.274. The van der Waals surface area contributed by atoms with Crippen molar-refractivity contribution >= 4 is 11.9 Å². The summed E-state index contributed by atoms with van der Waals surface area (Å²) < 4.78 is 41.4. The van der Waals surface area contributed by atoms with Crippen LogP contribution in [0.4, 0.5) is 19.1 Å². The fourth-order valence-electron chi connectivity index (χ4n) is 2.77. The van der Waals surface area contributed by atoms with Gasteiger partial charge < -0.3 is 21.3 Å². The topological polar surface area (TPSA) is 124 Å². The third-order valence-electron chi connectivity index (χ3n) is 4.13. The molecule has 0 saturated heterocycles. The quantitative estimate of drug-likeness (QED) is 0.561. The Kier molecular flexibility index (Phi) is 5.88. The molecule has 0 unspecified atom stereocenters. The first-order chi connectivity index (χ1) is 14.1. The molecule has 0 fully saturated rings. The molecule has 0 radical (unpaired) electrons. The van der Waals surface area contributed by atoms with Gasteiger partial charge in [-0.2, -0.15) is 0 Å². The second kappa shape index (κ2) is 8.37. The molecule has 1 heterocycles. The van der Waals surface area contributed by atoms with Crippen molar-refractivity contribution in [2.75, 3.05) is 5.73 Å². The summed E-state index contributed by atoms with van der Waals surface area (Å²) in [4.78, 5) is 19.1. The number of carbonyl (C=O) groups is 1. The molecule has 0 amide bonds. The van der Waals surface area contributed by atoms with E-state index in [9.17, 15) is 18.0 Å². The van der Waals surface area contributed by atoms with Crippen LogP contribution < -0.4 is 16.2 Å². The monoisotopic (exact) mass is 418 g/mol. The van der Waals surface area contributed by atoms with Crippen LogP contribution in [0.3, 0.4) is 0 Å². The van der Waals surface area contributed by atoms with E-state index in [0.29, 0.717) is 22.5 Å². The van der Waals surface area contributed by atoms with E-state index < -0.39 is 18.4 Å². The summed E-state index contributed by atoms with van der Waals surface area (Å²) in [5.74, 6) is -1.52. The number of ether oxygens (including phenoxy) is 1. The zero-order chi connectivity index (χ0) is 21.9. The molecule has 10 heteroatoms. The molecular weight excluding hydrogens is 401 g/mol. The van der Waals surface area contributed by atoms with Gasteiger partial charge in [-0.1, -0.05) is 36.4 Å². The van der Waals surface area contributed by atoms with Gasteiger partial charge >= 0.3 is 12.3 Å². The van der Waals surface area contributed by atoms with Gasteiger partial charge in [0.1, 0.15) is 11.8 Å². The number of nitrogens with two attached hydrogens (primary N) is 2. The number of hydrogen-bond acceptors (Lipinski definition) is 6. The van der Waals surface area contributed by atoms with E-state index in [4.69, 9.17) is 16.6 Å². The Morgan fingerprint density at radius 3 is 2.27 bits per heavy atom. The summed E-state index contributed by atoms with van der Waals surface area (Å²) in [6, 6.07) is 12.8. The molecule has 3 rings (SSSR count). The third kappa shape index (κ3) is 5.45. The minimum absolute atomic E-state index is 0.0541. The van der Waals surface area contributed by atoms with Crippen molar-refractivity contribution in [2.45, 2.75) is 18.8 Å². The standard InChI is InChI=1S/C20H17F3N4O3/c21-20(22,23)30-14-3-1-2-13(9-14)17-10-16(26-19(25)27-17)12-6-4-11(5-7-12)8-15(24)18(28)29/h1-7,9-10,15H,8,24H2,(H,28,29)(H2,25,26,27)/t15-/m0/s1. The van der Waals surface area contributed by atoms with Crippen molar-refractivity contribution in [1.29, 1.82) is 0 Å². The number of aromatic nitrogens is 2. The van der Waals surface area contributed by atoms with Gasteiger partial charge in [0.25, 0.3) is 0 Å². The molecule has 0 aliphatic heterocycles. The van der Waals surface area contributed by atoms with Gasteiger partial charge in [0, 0.05) is 11.1 Å². The number of benzene rings is 2. The van der Waals surface area contributed by atoms with Crippen molar-refractivity contribution in [2.24, 2.45) is 5.73 Å². The van der Waals surface area contributed by atoms with Crippen molar-refractivity contribution in [3.8, 4) is 28.3 Å². The highest BCUT2D eigenvalue weighted by Crippen LogP contribution is 2.29. The van der Waals surface area contributed by atoms with Crippen LogP contribution in [0, 0.1) is 0 Å². The van der Waals surface area contributed by atoms with E-state index in [0.717, 1.165) is 5.56 Å². The molecule has 3 aromatic rings. The number of alkyl halides is 3. The average Bonchev–Trinajstić information content (AvgIpc) is 2.67. The zero-order valence-electron chi connectivity index (χ0n) is 15.4. The molecule has 0 bridgehead atoms. The molecule has 0 aliphatic carbocycles. The maximum absolute atomic E-state index is 12.5. The number of nitrogen functional groups attached to an aromatic ring is 1. The van der Waals surface area contributed by atoms with E-state index in [1.54, 1.807) is 36.4 Å². The molecule has 1 atom stereocenters. The molecule has 1 aromatic heterocycles. The molecule has 156 valence electrons. The molecule has 7 nitrogen and oxygen atoms in total. The van der Waals surface area contributed by atoms with E-state index >= 15 is 0 Å². The first-order valence-electron chi connectivity index (χ1n) is 8.69. The van der Waals surface area contributed by atoms with E-state index in [2.05, 4.69) is 14.7 Å². The van der Waals surface area contributed by atoms with Crippen molar-refractivity contribution in [3.63, 3.8) is 0 Å². The van der Waals surface area contributed by atoms with Gasteiger partial charge in [-0.25, -0.2) is 9.97 Å². The molecule has 0 aliphatic rings. The summed E-state index contributed by atoms with van der Waals surface area (Å²) in [5, 5.41) is 8.90. The lowest BCUT2D eigenvalue weighted by atomic mass is 10.0. The first kappa shape index (κ1) is 21.1. The van der Waals surface area contributed by atoms with Gasteiger partial charge in [0.15, 0.2) is 0 Å². The molecular formula is C20H17F3N4O3. The van der Waals surface area contributed by atoms with Crippen LogP contribution in [0.15, 0.2) is 54.6 Å². The van der Waals surface area contributed by atoms with Crippen molar-refractivity contribution < 1.29 is 27.8 Å². The number of anilines is 1. The Morgan fingerprint density at radius 1 is 1.03 bits per heavy atom. The number of halogens is 3. The normalized spacial score (nSPS) is 12.4. The number of carboxylic acids is 1. The van der Waals surface area contributed by atoms with E-state index in [1.807, 2.05) is 0 Å². The molecule has 5 N–H and O–H groups in total. The minimum Gasteiger partial charge on any atom is -0.480 e. The highest BCUT2D eigenvalue weighted by molar-refractivity contribution is 5.74. The van der Waals surface area contributed by atoms with Crippen LogP contribution in [0.1, 0.15) is 5.56 Å². The summed E-state index contributed by atoms with van der Waals surface area (Å²) in [6.07, 6.45) is -4.64. The summed E-state index contributed by atoms with van der Waals surface area (Å²) in [5.41, 5.74) is 13.9. The Labute approximate surface area is 169 Å². The summed E-state index contributed by atoms with van der Waals surface area (Å²) in [7, 11) is 0. The van der Waals surface area contributed by atoms with Crippen LogP contribution in [0.2, 0.25) is 0 Å². The Hall–Kier alpha value is -3.66. The van der Waals surface area contributed by atoms with Crippen LogP contribution in [-0.4, -0.2) is 33.4 Å². The number of aliphatic carboxylic acids is 1. The fourth-order valence-corrected chi connectivity index (χ4v) is 2.77. The zero-order valence-corrected chi connectivity index (χ0v) is 15.4. The average molecular weight is 418 g/mol. The summed E-state index contributed by atoms with van der Waals surface area (Å²) >= 11 is 0. The number of carboxylic acid groups (broad SMARTS) is 1. The van der Waals surface area contributed by atoms with Crippen LogP contribution in [0.5, 0.6) is 5.75 Å². The maximum Gasteiger partial charge on any atom is 0.573 e. The molecule has 0 saturated carbocycles. The lowest BCUT2D eigenvalue weighted by Gasteiger charge is -2.11. The van der Waals surface area contributed by atoms with Gasteiger partial charge in [-0.05, 0) is 30.2 Å². The second-order valence-corrected chi connectivity index (χ2v) is 6.42. The second-order valence-electron chi connectivity index (χ2n) is 6.42. The Bertz CT molecular complexity index is 1060. The highest BCUT2D eigenvalue weighted by atomic mass is 19.4. The van der Waals surface area contributed by atoms with Crippen LogP contribution in [0.25, 0.3) is 22.5 Å². The van der Waals surface area contributed by atoms with Gasteiger partial charge in [0.2, 0.25) is 5.95 Å². The SMILES string of the molecule is Nc1nc(-c2ccc(C[C@H](N)C(=O)O)cc2)cc(-c2cccc(OC(F)(F)F)c2)n1. The molecule has 2 aromatic carbocycles. The molecule has 30 heavy (non-hydrogen) atoms. The van der Waals surface area contributed by atoms with E-state index in [1.165, 1.54) is 18.2 Å². The smallest absolute Gasteiger partial charge is 0.480 e. The van der Waals surface area contributed by atoms with E-state index in [-0.39, 0.29) is 18.1 Å². The van der Waals surface area contributed by atoms with Crippen LogP contribution >= 0.6 is 0 Å². The Morgan fingerprint density at radius 2 is 1.67 bits per heavy atom. The first-order valence-corrected chi connectivity index (χ1v) is 8.69. The Balaban J connectivity index is 1.89. The largest absolute Gasteiger partial charge is 0.573 e. The van der Waals surface area contributed by atoms with Crippen molar-refractivity contribution in [3.05, 3.63) is 60.2 Å². The van der Waals surface area contributed by atoms with Gasteiger partial charge in [0.05, 0.1) is 11.4 Å². The minimum atomic E-state index is -4.81. The lowest BCUT2D eigenvalue weighted by Crippen LogP contribution is -2.32. The third-order valence-corrected chi connectivity index (χ3v) is 4.13. The number of rotatable bonds is 6. The highest BCUT2D eigenvalue weighted by Gasteiger charge is 2.31. The maximum atomic E-state index is 12.5. The van der Waals surface area contributed by atoms with Crippen LogP contribution in [-0.2, 0) is 11.2 Å². The fraction of sp³-hybridized carbons (Fsp3) is 0.150. The predicted molar refractivity (Wildman–Crippen MR) is 103 cm³/mol.